The quantitative estimate of drug-likeness (QED) is 0.0688. The minimum atomic E-state index is -0.819. The number of unbranched alkanes of at least 4 members (excludes halogenated alkanes) is 1. The zero-order valence-electron chi connectivity index (χ0n) is 21.0. The molecule has 12 nitrogen and oxygen atoms in total. The number of nitrogens with one attached hydrogen (secondary N) is 4. The molecule has 196 valence electrons. The molecule has 2 atom stereocenters. The Morgan fingerprint density at radius 1 is 0.824 bits per heavy atom. The molecule has 0 rings (SSSR count). The normalized spacial score (nSPS) is 12.7. The van der Waals surface area contributed by atoms with E-state index in [9.17, 15) is 19.2 Å². The highest BCUT2D eigenvalue weighted by molar-refractivity contribution is 5.93. The van der Waals surface area contributed by atoms with Gasteiger partial charge in [0.05, 0.1) is 19.1 Å². The van der Waals surface area contributed by atoms with Crippen molar-refractivity contribution in [2.75, 3.05) is 26.2 Å². The first-order valence-electron chi connectivity index (χ1n) is 11.9. The van der Waals surface area contributed by atoms with Crippen molar-refractivity contribution in [1.82, 2.24) is 21.3 Å². The Balaban J connectivity index is 4.86. The van der Waals surface area contributed by atoms with E-state index in [0.29, 0.717) is 45.2 Å². The van der Waals surface area contributed by atoms with Crippen molar-refractivity contribution in [3.05, 3.63) is 0 Å². The number of rotatable bonds is 18. The van der Waals surface area contributed by atoms with E-state index in [1.807, 2.05) is 13.8 Å². The highest BCUT2D eigenvalue weighted by Gasteiger charge is 2.23. The highest BCUT2D eigenvalue weighted by atomic mass is 16.2. The van der Waals surface area contributed by atoms with Crippen molar-refractivity contribution >= 4 is 29.5 Å². The Labute approximate surface area is 202 Å². The van der Waals surface area contributed by atoms with E-state index in [1.54, 1.807) is 13.8 Å². The smallest absolute Gasteiger partial charge is 0.242 e. The SMILES string of the molecule is CC(C)NC(CCCN=C(N)N)C(=O)NCC(=O)NC(CCCCN)C(=O)NCC(=O)C(C)C. The third-order valence-corrected chi connectivity index (χ3v) is 4.90. The molecule has 0 heterocycles. The number of guanidine groups is 1. The summed E-state index contributed by atoms with van der Waals surface area (Å²) in [5, 5.41) is 11.0. The Hall–Kier alpha value is -2.73. The van der Waals surface area contributed by atoms with Gasteiger partial charge in [0.25, 0.3) is 0 Å². The molecular formula is C22H44N8O4. The van der Waals surface area contributed by atoms with E-state index in [-0.39, 0.29) is 42.7 Å². The summed E-state index contributed by atoms with van der Waals surface area (Å²) in [6.45, 7) is 7.81. The fourth-order valence-electron chi connectivity index (χ4n) is 3.00. The van der Waals surface area contributed by atoms with Crippen LogP contribution in [0.1, 0.15) is 59.8 Å². The van der Waals surface area contributed by atoms with Crippen LogP contribution >= 0.6 is 0 Å². The van der Waals surface area contributed by atoms with Gasteiger partial charge in [0, 0.05) is 18.5 Å². The second-order valence-corrected chi connectivity index (χ2v) is 8.78. The second-order valence-electron chi connectivity index (χ2n) is 8.78. The van der Waals surface area contributed by atoms with Crippen LogP contribution in [0.5, 0.6) is 0 Å². The Morgan fingerprint density at radius 3 is 1.97 bits per heavy atom. The molecule has 2 unspecified atom stereocenters. The molecule has 3 amide bonds. The number of hydrogen-bond acceptors (Lipinski definition) is 7. The first-order valence-corrected chi connectivity index (χ1v) is 11.9. The van der Waals surface area contributed by atoms with Gasteiger partial charge in [-0.15, -0.1) is 0 Å². The molecular weight excluding hydrogens is 440 g/mol. The lowest BCUT2D eigenvalue weighted by Gasteiger charge is -2.21. The summed E-state index contributed by atoms with van der Waals surface area (Å²) in [7, 11) is 0. The van der Waals surface area contributed by atoms with Crippen LogP contribution in [-0.4, -0.2) is 73.8 Å². The minimum Gasteiger partial charge on any atom is -0.370 e. The summed E-state index contributed by atoms with van der Waals surface area (Å²) >= 11 is 0. The molecule has 0 aliphatic rings. The van der Waals surface area contributed by atoms with Gasteiger partial charge in [-0.3, -0.25) is 24.2 Å². The first kappa shape index (κ1) is 31.3. The Bertz CT molecular complexity index is 678. The Morgan fingerprint density at radius 2 is 1.41 bits per heavy atom. The largest absolute Gasteiger partial charge is 0.370 e. The maximum absolute atomic E-state index is 12.6. The summed E-state index contributed by atoms with van der Waals surface area (Å²) in [5.74, 6) is -1.58. The van der Waals surface area contributed by atoms with Gasteiger partial charge in [-0.1, -0.05) is 27.7 Å². The lowest BCUT2D eigenvalue weighted by molar-refractivity contribution is -0.131. The zero-order valence-corrected chi connectivity index (χ0v) is 21.0. The number of aliphatic imine (C=N–C) groups is 1. The zero-order chi connectivity index (χ0) is 26.1. The summed E-state index contributed by atoms with van der Waals surface area (Å²) in [6, 6.07) is -1.29. The second kappa shape index (κ2) is 17.7. The van der Waals surface area contributed by atoms with Crippen LogP contribution in [0, 0.1) is 5.92 Å². The third kappa shape index (κ3) is 15.2. The van der Waals surface area contributed by atoms with Crippen LogP contribution < -0.4 is 38.5 Å². The van der Waals surface area contributed by atoms with Crippen molar-refractivity contribution in [1.29, 1.82) is 0 Å². The van der Waals surface area contributed by atoms with E-state index in [2.05, 4.69) is 26.3 Å². The van der Waals surface area contributed by atoms with Crippen LogP contribution in [-0.2, 0) is 19.2 Å². The lowest BCUT2D eigenvalue weighted by Crippen LogP contribution is -2.52. The average molecular weight is 485 g/mol. The number of hydrogen-bond donors (Lipinski definition) is 7. The van der Waals surface area contributed by atoms with E-state index in [4.69, 9.17) is 17.2 Å². The van der Waals surface area contributed by atoms with Crippen molar-refractivity contribution in [2.45, 2.75) is 77.9 Å². The molecule has 0 bridgehead atoms. The molecule has 0 spiro atoms. The molecule has 0 aromatic heterocycles. The molecule has 10 N–H and O–H groups in total. The monoisotopic (exact) mass is 484 g/mol. The predicted octanol–water partition coefficient (Wildman–Crippen LogP) is -1.52. The van der Waals surface area contributed by atoms with Gasteiger partial charge in [-0.05, 0) is 38.6 Å². The molecule has 0 saturated carbocycles. The maximum atomic E-state index is 12.6. The number of carbonyl (C=O) groups excluding carboxylic acids is 4. The van der Waals surface area contributed by atoms with E-state index in [1.165, 1.54) is 0 Å². The van der Waals surface area contributed by atoms with Gasteiger partial charge in [0.15, 0.2) is 11.7 Å². The molecule has 0 radical (unpaired) electrons. The maximum Gasteiger partial charge on any atom is 0.242 e. The van der Waals surface area contributed by atoms with Gasteiger partial charge in [-0.2, -0.15) is 0 Å². The van der Waals surface area contributed by atoms with Crippen LogP contribution in [0.2, 0.25) is 0 Å². The van der Waals surface area contributed by atoms with E-state index < -0.39 is 23.9 Å². The van der Waals surface area contributed by atoms with Crippen molar-refractivity contribution in [3.8, 4) is 0 Å². The average Bonchev–Trinajstić information content (AvgIpc) is 2.76. The molecule has 0 aromatic rings. The number of amides is 3. The predicted molar refractivity (Wildman–Crippen MR) is 133 cm³/mol. The lowest BCUT2D eigenvalue weighted by atomic mass is 10.1. The van der Waals surface area contributed by atoms with Gasteiger partial charge >= 0.3 is 0 Å². The molecule has 0 aliphatic heterocycles. The van der Waals surface area contributed by atoms with Gasteiger partial charge in [-0.25, -0.2) is 0 Å². The van der Waals surface area contributed by atoms with Gasteiger partial charge in [0.1, 0.15) is 6.04 Å². The molecule has 12 heteroatoms. The van der Waals surface area contributed by atoms with Gasteiger partial charge in [0.2, 0.25) is 17.7 Å². The topological polar surface area (TPSA) is 207 Å². The Kier molecular flexibility index (Phi) is 16.3. The number of nitrogens with two attached hydrogens (primary N) is 3. The molecule has 0 aliphatic carbocycles. The summed E-state index contributed by atoms with van der Waals surface area (Å²) in [6.07, 6.45) is 2.77. The minimum absolute atomic E-state index is 0.00637. The van der Waals surface area contributed by atoms with Crippen LogP contribution in [0.4, 0.5) is 0 Å². The number of nitrogens with zero attached hydrogens (tertiary/aromatic N) is 1. The van der Waals surface area contributed by atoms with Crippen molar-refractivity contribution in [2.24, 2.45) is 28.1 Å². The van der Waals surface area contributed by atoms with Crippen LogP contribution in [0.25, 0.3) is 0 Å². The standard InChI is InChI=1S/C22H44N8O4/c1-14(2)18(31)12-27-21(34)17(8-5-6-10-23)30-19(32)13-28-20(33)16(29-15(3)4)9-7-11-26-22(24)25/h14-17,29H,5-13,23H2,1-4H3,(H,27,34)(H,28,33)(H,30,32)(H4,24,25,26). The van der Waals surface area contributed by atoms with Crippen molar-refractivity contribution < 1.29 is 19.2 Å². The molecule has 0 saturated heterocycles. The van der Waals surface area contributed by atoms with E-state index >= 15 is 0 Å². The fourth-order valence-corrected chi connectivity index (χ4v) is 3.00. The van der Waals surface area contributed by atoms with Gasteiger partial charge < -0.3 is 38.5 Å². The first-order chi connectivity index (χ1) is 16.0. The van der Waals surface area contributed by atoms with Crippen LogP contribution in [0.3, 0.4) is 0 Å². The summed E-state index contributed by atoms with van der Waals surface area (Å²) in [4.78, 5) is 53.3. The number of Topliss-reactive ketones (excluding diaryl/α,β-unsaturated/α-hetero) is 1. The summed E-state index contributed by atoms with van der Waals surface area (Å²) in [5.41, 5.74) is 16.1. The fraction of sp³-hybridized carbons (Fsp3) is 0.773. The number of carbonyl (C=O) groups is 4. The summed E-state index contributed by atoms with van der Waals surface area (Å²) < 4.78 is 0. The molecule has 0 fully saturated rings. The molecule has 34 heavy (non-hydrogen) atoms. The van der Waals surface area contributed by atoms with E-state index in [0.717, 1.165) is 0 Å². The highest BCUT2D eigenvalue weighted by Crippen LogP contribution is 2.03. The third-order valence-electron chi connectivity index (χ3n) is 4.90. The number of ketones is 1. The van der Waals surface area contributed by atoms with Crippen LogP contribution in [0.15, 0.2) is 4.99 Å². The molecule has 0 aromatic carbocycles. The van der Waals surface area contributed by atoms with Crippen molar-refractivity contribution in [3.63, 3.8) is 0 Å².